The molecular formula is C17H12ClNO2. The van der Waals surface area contributed by atoms with E-state index in [9.17, 15) is 9.90 Å². The minimum Gasteiger partial charge on any atom is -0.478 e. The van der Waals surface area contributed by atoms with E-state index in [0.717, 1.165) is 16.5 Å². The number of halogens is 1. The van der Waals surface area contributed by atoms with E-state index in [1.54, 1.807) is 12.1 Å². The van der Waals surface area contributed by atoms with E-state index >= 15 is 0 Å². The molecular weight excluding hydrogens is 286 g/mol. The second-order valence-corrected chi connectivity index (χ2v) is 5.08. The fraction of sp³-hybridized carbons (Fsp3) is 0. The summed E-state index contributed by atoms with van der Waals surface area (Å²) in [6.07, 6.45) is 0. The van der Waals surface area contributed by atoms with Gasteiger partial charge in [0.2, 0.25) is 0 Å². The Labute approximate surface area is 126 Å². The third-order valence-corrected chi connectivity index (χ3v) is 3.51. The van der Waals surface area contributed by atoms with Gasteiger partial charge in [-0.1, -0.05) is 48.0 Å². The van der Waals surface area contributed by atoms with Crippen LogP contribution in [-0.4, -0.2) is 11.1 Å². The van der Waals surface area contributed by atoms with Crippen LogP contribution in [0.15, 0.2) is 60.7 Å². The minimum atomic E-state index is -0.991. The number of carbonyl (C=O) groups is 1. The van der Waals surface area contributed by atoms with Crippen LogP contribution in [-0.2, 0) is 0 Å². The fourth-order valence-corrected chi connectivity index (χ4v) is 2.46. The zero-order valence-electron chi connectivity index (χ0n) is 11.0. The van der Waals surface area contributed by atoms with Gasteiger partial charge in [0.15, 0.2) is 0 Å². The lowest BCUT2D eigenvalue weighted by molar-refractivity contribution is 0.0698. The van der Waals surface area contributed by atoms with Gasteiger partial charge in [0.1, 0.15) is 0 Å². The summed E-state index contributed by atoms with van der Waals surface area (Å²) in [6, 6.07) is 18.4. The van der Waals surface area contributed by atoms with Gasteiger partial charge in [-0.2, -0.15) is 0 Å². The third kappa shape index (κ3) is 2.69. The van der Waals surface area contributed by atoms with E-state index in [0.29, 0.717) is 10.7 Å². The summed E-state index contributed by atoms with van der Waals surface area (Å²) < 4.78 is 0. The average Bonchev–Trinajstić information content (AvgIpc) is 2.47. The molecule has 104 valence electrons. The molecule has 3 aromatic rings. The first-order chi connectivity index (χ1) is 10.1. The van der Waals surface area contributed by atoms with Gasteiger partial charge in [-0.3, -0.25) is 0 Å². The molecule has 0 saturated carbocycles. The van der Waals surface area contributed by atoms with Crippen molar-refractivity contribution in [2.75, 3.05) is 5.32 Å². The Kier molecular flexibility index (Phi) is 3.50. The predicted molar refractivity (Wildman–Crippen MR) is 85.6 cm³/mol. The molecule has 3 aromatic carbocycles. The van der Waals surface area contributed by atoms with Crippen LogP contribution in [0.5, 0.6) is 0 Å². The lowest BCUT2D eigenvalue weighted by Crippen LogP contribution is -2.02. The van der Waals surface area contributed by atoms with Crippen molar-refractivity contribution in [2.45, 2.75) is 0 Å². The van der Waals surface area contributed by atoms with Crippen LogP contribution in [0.4, 0.5) is 11.4 Å². The highest BCUT2D eigenvalue weighted by Crippen LogP contribution is 2.29. The molecule has 0 bridgehead atoms. The topological polar surface area (TPSA) is 49.3 Å². The Morgan fingerprint density at radius 1 is 0.952 bits per heavy atom. The number of hydrogen-bond donors (Lipinski definition) is 2. The average molecular weight is 298 g/mol. The molecule has 0 fully saturated rings. The monoisotopic (exact) mass is 297 g/mol. The third-order valence-electron chi connectivity index (χ3n) is 3.27. The summed E-state index contributed by atoms with van der Waals surface area (Å²) in [6.45, 7) is 0. The number of benzene rings is 3. The van der Waals surface area contributed by atoms with Crippen LogP contribution in [0.3, 0.4) is 0 Å². The zero-order chi connectivity index (χ0) is 14.8. The van der Waals surface area contributed by atoms with Crippen molar-refractivity contribution in [3.05, 3.63) is 71.2 Å². The molecule has 0 spiro atoms. The van der Waals surface area contributed by atoms with Gasteiger partial charge in [0.25, 0.3) is 0 Å². The SMILES string of the molecule is O=C(O)c1ccc(Cl)cc1Nc1cccc2ccccc12. The van der Waals surface area contributed by atoms with Gasteiger partial charge < -0.3 is 10.4 Å². The van der Waals surface area contributed by atoms with Crippen molar-refractivity contribution in [1.29, 1.82) is 0 Å². The summed E-state index contributed by atoms with van der Waals surface area (Å²) in [7, 11) is 0. The highest BCUT2D eigenvalue weighted by atomic mass is 35.5. The maximum absolute atomic E-state index is 11.3. The molecule has 0 aliphatic heterocycles. The fourth-order valence-electron chi connectivity index (χ4n) is 2.29. The predicted octanol–water partition coefficient (Wildman–Crippen LogP) is 4.94. The Morgan fingerprint density at radius 2 is 1.71 bits per heavy atom. The van der Waals surface area contributed by atoms with Gasteiger partial charge in [-0.25, -0.2) is 4.79 Å². The highest BCUT2D eigenvalue weighted by Gasteiger charge is 2.11. The number of anilines is 2. The van der Waals surface area contributed by atoms with Gasteiger partial charge >= 0.3 is 5.97 Å². The molecule has 3 rings (SSSR count). The first kappa shape index (κ1) is 13.5. The van der Waals surface area contributed by atoms with Crippen molar-refractivity contribution in [2.24, 2.45) is 0 Å². The Bertz CT molecular complexity index is 825. The summed E-state index contributed by atoms with van der Waals surface area (Å²) in [5.41, 5.74) is 1.51. The van der Waals surface area contributed by atoms with E-state index in [2.05, 4.69) is 5.32 Å². The molecule has 0 atom stereocenters. The van der Waals surface area contributed by atoms with Crippen LogP contribution in [0.1, 0.15) is 10.4 Å². The summed E-state index contributed by atoms with van der Waals surface area (Å²) in [5, 5.41) is 15.0. The normalized spacial score (nSPS) is 10.5. The minimum absolute atomic E-state index is 0.187. The van der Waals surface area contributed by atoms with Crippen molar-refractivity contribution >= 4 is 39.7 Å². The van der Waals surface area contributed by atoms with Gasteiger partial charge in [-0.05, 0) is 29.7 Å². The molecule has 21 heavy (non-hydrogen) atoms. The van der Waals surface area contributed by atoms with E-state index in [1.807, 2.05) is 42.5 Å². The molecule has 3 nitrogen and oxygen atoms in total. The first-order valence-electron chi connectivity index (χ1n) is 6.43. The van der Waals surface area contributed by atoms with Crippen LogP contribution in [0.2, 0.25) is 5.02 Å². The smallest absolute Gasteiger partial charge is 0.337 e. The van der Waals surface area contributed by atoms with E-state index in [4.69, 9.17) is 11.6 Å². The summed E-state index contributed by atoms with van der Waals surface area (Å²) in [4.78, 5) is 11.3. The lowest BCUT2D eigenvalue weighted by atomic mass is 10.1. The molecule has 0 heterocycles. The van der Waals surface area contributed by atoms with E-state index < -0.39 is 5.97 Å². The highest BCUT2D eigenvalue weighted by molar-refractivity contribution is 6.31. The zero-order valence-corrected chi connectivity index (χ0v) is 11.8. The summed E-state index contributed by atoms with van der Waals surface area (Å²) >= 11 is 5.97. The number of fused-ring (bicyclic) bond motifs is 1. The first-order valence-corrected chi connectivity index (χ1v) is 6.80. The van der Waals surface area contributed by atoms with Crippen LogP contribution < -0.4 is 5.32 Å². The van der Waals surface area contributed by atoms with Crippen LogP contribution in [0, 0.1) is 0 Å². The number of carboxylic acids is 1. The maximum atomic E-state index is 11.3. The molecule has 0 unspecified atom stereocenters. The molecule has 0 aromatic heterocycles. The second kappa shape index (κ2) is 5.46. The maximum Gasteiger partial charge on any atom is 0.337 e. The standard InChI is InChI=1S/C17H12ClNO2/c18-12-8-9-14(17(20)21)16(10-12)19-15-7-3-5-11-4-1-2-6-13(11)15/h1-10,19H,(H,20,21). The molecule has 0 aliphatic carbocycles. The van der Waals surface area contributed by atoms with E-state index in [-0.39, 0.29) is 5.56 Å². The van der Waals surface area contributed by atoms with Crippen molar-refractivity contribution < 1.29 is 9.90 Å². The van der Waals surface area contributed by atoms with Crippen molar-refractivity contribution in [3.8, 4) is 0 Å². The quantitative estimate of drug-likeness (QED) is 0.720. The molecule has 0 saturated heterocycles. The van der Waals surface area contributed by atoms with Gasteiger partial charge in [0.05, 0.1) is 11.3 Å². The molecule has 0 radical (unpaired) electrons. The largest absolute Gasteiger partial charge is 0.478 e. The second-order valence-electron chi connectivity index (χ2n) is 4.65. The number of aromatic carboxylic acids is 1. The number of carboxylic acid groups (broad SMARTS) is 1. The molecule has 0 amide bonds. The van der Waals surface area contributed by atoms with E-state index in [1.165, 1.54) is 6.07 Å². The summed E-state index contributed by atoms with van der Waals surface area (Å²) in [5.74, 6) is -0.991. The van der Waals surface area contributed by atoms with Crippen LogP contribution >= 0.6 is 11.6 Å². The van der Waals surface area contributed by atoms with Crippen LogP contribution in [0.25, 0.3) is 10.8 Å². The van der Waals surface area contributed by atoms with Crippen molar-refractivity contribution in [3.63, 3.8) is 0 Å². The molecule has 4 heteroatoms. The van der Waals surface area contributed by atoms with Gasteiger partial charge in [-0.15, -0.1) is 0 Å². The van der Waals surface area contributed by atoms with Gasteiger partial charge in [0, 0.05) is 16.1 Å². The molecule has 2 N–H and O–H groups in total. The number of rotatable bonds is 3. The van der Waals surface area contributed by atoms with Crippen molar-refractivity contribution in [1.82, 2.24) is 0 Å². The number of hydrogen-bond acceptors (Lipinski definition) is 2. The Balaban J connectivity index is 2.11. The number of nitrogens with one attached hydrogen (secondary N) is 1. The Morgan fingerprint density at radius 3 is 2.52 bits per heavy atom. The Hall–Kier alpha value is -2.52. The lowest BCUT2D eigenvalue weighted by Gasteiger charge is -2.12. The molecule has 0 aliphatic rings.